The smallest absolute Gasteiger partial charge is 0.328 e. The number of aryl methyl sites for hydroxylation is 1. The maximum absolute atomic E-state index is 12.8. The van der Waals surface area contributed by atoms with Crippen molar-refractivity contribution in [3.63, 3.8) is 0 Å². The van der Waals surface area contributed by atoms with Crippen LogP contribution >= 0.6 is 0 Å². The highest BCUT2D eigenvalue weighted by molar-refractivity contribution is 5.84. The largest absolute Gasteiger partial charge is 0.489 e. The zero-order valence-corrected chi connectivity index (χ0v) is 23.2. The van der Waals surface area contributed by atoms with Gasteiger partial charge in [0.25, 0.3) is 0 Å². The molecule has 1 aliphatic heterocycles. The van der Waals surface area contributed by atoms with Gasteiger partial charge in [-0.25, -0.2) is 4.79 Å². The number of esters is 1. The summed E-state index contributed by atoms with van der Waals surface area (Å²) in [5.74, 6) is 0.576. The number of rotatable bonds is 11. The van der Waals surface area contributed by atoms with Crippen molar-refractivity contribution in [2.75, 3.05) is 20.2 Å². The third-order valence-corrected chi connectivity index (χ3v) is 6.84. The van der Waals surface area contributed by atoms with Crippen LogP contribution in [0.4, 0.5) is 0 Å². The third kappa shape index (κ3) is 9.84. The zero-order chi connectivity index (χ0) is 27.5. The molecule has 1 fully saturated rings. The minimum Gasteiger partial charge on any atom is -0.489 e. The number of ether oxygens (including phenoxy) is 2. The molecule has 7 nitrogen and oxygen atoms in total. The van der Waals surface area contributed by atoms with E-state index in [4.69, 9.17) is 9.47 Å². The summed E-state index contributed by atoms with van der Waals surface area (Å²) in [6.07, 6.45) is 3.54. The molecule has 1 aliphatic rings. The SMILES string of the molecule is COC(=O)[C@H](CCc1ccc(OCc2ccccc2)cc1)NC(=O)CC1CCN(C(=O)CC(C)(C)C)CC1. The lowest BCUT2D eigenvalue weighted by Crippen LogP contribution is -2.44. The Morgan fingerprint density at radius 3 is 2.24 bits per heavy atom. The van der Waals surface area contributed by atoms with E-state index in [1.54, 1.807) is 0 Å². The molecule has 1 N–H and O–H groups in total. The summed E-state index contributed by atoms with van der Waals surface area (Å²) in [6, 6.07) is 17.1. The van der Waals surface area contributed by atoms with Crippen LogP contribution in [-0.2, 0) is 32.1 Å². The van der Waals surface area contributed by atoms with Gasteiger partial charge in [-0.2, -0.15) is 0 Å². The van der Waals surface area contributed by atoms with Crippen molar-refractivity contribution in [2.24, 2.45) is 11.3 Å². The molecule has 2 amide bonds. The number of likely N-dealkylation sites (tertiary alicyclic amines) is 1. The van der Waals surface area contributed by atoms with Gasteiger partial charge in [0.15, 0.2) is 0 Å². The summed E-state index contributed by atoms with van der Waals surface area (Å²) in [4.78, 5) is 39.5. The van der Waals surface area contributed by atoms with E-state index < -0.39 is 12.0 Å². The Morgan fingerprint density at radius 1 is 0.974 bits per heavy atom. The van der Waals surface area contributed by atoms with Gasteiger partial charge in [-0.1, -0.05) is 63.2 Å². The Bertz CT molecular complexity index is 1040. The quantitative estimate of drug-likeness (QED) is 0.424. The fraction of sp³-hybridized carbons (Fsp3) is 0.516. The van der Waals surface area contributed by atoms with E-state index in [1.165, 1.54) is 7.11 Å². The molecule has 0 radical (unpaired) electrons. The number of nitrogens with one attached hydrogen (secondary N) is 1. The maximum Gasteiger partial charge on any atom is 0.328 e. The van der Waals surface area contributed by atoms with E-state index in [0.29, 0.717) is 45.4 Å². The molecule has 1 heterocycles. The van der Waals surface area contributed by atoms with Gasteiger partial charge in [-0.15, -0.1) is 0 Å². The second-order valence-corrected chi connectivity index (χ2v) is 11.4. The number of piperidine rings is 1. The van der Waals surface area contributed by atoms with Crippen molar-refractivity contribution in [3.05, 3.63) is 65.7 Å². The molecule has 2 aromatic carbocycles. The first kappa shape index (κ1) is 29.2. The first-order valence-corrected chi connectivity index (χ1v) is 13.5. The van der Waals surface area contributed by atoms with Gasteiger partial charge in [0, 0.05) is 25.9 Å². The van der Waals surface area contributed by atoms with Crippen LogP contribution in [0.25, 0.3) is 0 Å². The lowest BCUT2D eigenvalue weighted by Gasteiger charge is -2.33. The second-order valence-electron chi connectivity index (χ2n) is 11.4. The molecule has 0 bridgehead atoms. The van der Waals surface area contributed by atoms with E-state index in [0.717, 1.165) is 29.7 Å². The minimum absolute atomic E-state index is 0.0328. The van der Waals surface area contributed by atoms with Crippen LogP contribution in [0.15, 0.2) is 54.6 Å². The van der Waals surface area contributed by atoms with Crippen molar-refractivity contribution in [2.45, 2.75) is 71.9 Å². The molecule has 0 aromatic heterocycles. The van der Waals surface area contributed by atoms with Gasteiger partial charge in [0.05, 0.1) is 7.11 Å². The number of carbonyl (C=O) groups is 3. The second kappa shape index (κ2) is 14.0. The number of carbonyl (C=O) groups excluding carboxylic acids is 3. The number of benzene rings is 2. The summed E-state index contributed by atoms with van der Waals surface area (Å²) in [5, 5.41) is 2.88. The van der Waals surface area contributed by atoms with E-state index in [2.05, 4.69) is 26.1 Å². The molecule has 1 atom stereocenters. The van der Waals surface area contributed by atoms with Gasteiger partial charge in [0.2, 0.25) is 11.8 Å². The Balaban J connectivity index is 1.43. The normalized spacial score (nSPS) is 15.0. The topological polar surface area (TPSA) is 84.9 Å². The monoisotopic (exact) mass is 522 g/mol. The number of nitrogens with zero attached hydrogens (tertiary/aromatic N) is 1. The summed E-state index contributed by atoms with van der Waals surface area (Å²) in [6.45, 7) is 8.06. The van der Waals surface area contributed by atoms with Gasteiger partial charge in [0.1, 0.15) is 18.4 Å². The molecule has 206 valence electrons. The van der Waals surface area contributed by atoms with Crippen molar-refractivity contribution in [1.29, 1.82) is 0 Å². The predicted octanol–water partition coefficient (Wildman–Crippen LogP) is 4.92. The fourth-order valence-corrected chi connectivity index (χ4v) is 4.66. The molecule has 3 rings (SSSR count). The Morgan fingerprint density at radius 2 is 1.63 bits per heavy atom. The van der Waals surface area contributed by atoms with Crippen LogP contribution in [0.2, 0.25) is 0 Å². The molecular weight excluding hydrogens is 480 g/mol. The van der Waals surface area contributed by atoms with E-state index >= 15 is 0 Å². The maximum atomic E-state index is 12.8. The van der Waals surface area contributed by atoms with Crippen LogP contribution < -0.4 is 10.1 Å². The average Bonchev–Trinajstić information content (AvgIpc) is 2.90. The lowest BCUT2D eigenvalue weighted by molar-refractivity contribution is -0.145. The molecule has 0 saturated carbocycles. The fourth-order valence-electron chi connectivity index (χ4n) is 4.66. The van der Waals surface area contributed by atoms with Crippen molar-refractivity contribution >= 4 is 17.8 Å². The molecule has 7 heteroatoms. The molecule has 2 aromatic rings. The zero-order valence-electron chi connectivity index (χ0n) is 23.2. The number of amides is 2. The van der Waals surface area contributed by atoms with E-state index in [1.807, 2.05) is 59.5 Å². The highest BCUT2D eigenvalue weighted by Gasteiger charge is 2.28. The van der Waals surface area contributed by atoms with E-state index in [-0.39, 0.29) is 23.1 Å². The summed E-state index contributed by atoms with van der Waals surface area (Å²) < 4.78 is 10.8. The van der Waals surface area contributed by atoms with Crippen LogP contribution in [0.5, 0.6) is 5.75 Å². The van der Waals surface area contributed by atoms with Gasteiger partial charge in [-0.05, 0) is 60.3 Å². The minimum atomic E-state index is -0.699. The third-order valence-electron chi connectivity index (χ3n) is 6.84. The van der Waals surface area contributed by atoms with Crippen molar-refractivity contribution in [1.82, 2.24) is 10.2 Å². The van der Waals surface area contributed by atoms with Crippen molar-refractivity contribution < 1.29 is 23.9 Å². The molecule has 1 saturated heterocycles. The Kier molecular flexibility index (Phi) is 10.7. The molecular formula is C31H42N2O5. The molecule has 0 spiro atoms. The predicted molar refractivity (Wildman–Crippen MR) is 147 cm³/mol. The van der Waals surface area contributed by atoms with Gasteiger partial charge >= 0.3 is 5.97 Å². The first-order valence-electron chi connectivity index (χ1n) is 13.5. The standard InChI is InChI=1S/C31H42N2O5/c1-31(2,3)21-29(35)33-18-16-24(17-19-33)20-28(34)32-27(30(36)37-4)15-12-23-10-13-26(14-11-23)38-22-25-8-6-5-7-9-25/h5-11,13-14,24,27H,12,15-22H2,1-4H3,(H,32,34)/t27-/m0/s1. The number of hydrogen-bond donors (Lipinski definition) is 1. The number of methoxy groups -OCH3 is 1. The van der Waals surface area contributed by atoms with Crippen LogP contribution in [0.3, 0.4) is 0 Å². The lowest BCUT2D eigenvalue weighted by atomic mass is 9.89. The van der Waals surface area contributed by atoms with Gasteiger partial charge < -0.3 is 19.7 Å². The Labute approximate surface area is 226 Å². The molecule has 38 heavy (non-hydrogen) atoms. The summed E-state index contributed by atoms with van der Waals surface area (Å²) in [7, 11) is 1.34. The van der Waals surface area contributed by atoms with Crippen LogP contribution in [-0.4, -0.2) is 48.9 Å². The molecule has 0 aliphatic carbocycles. The van der Waals surface area contributed by atoms with Gasteiger partial charge in [-0.3, -0.25) is 9.59 Å². The van der Waals surface area contributed by atoms with Crippen molar-refractivity contribution in [3.8, 4) is 5.75 Å². The Hall–Kier alpha value is -3.35. The molecule has 0 unspecified atom stereocenters. The number of hydrogen-bond acceptors (Lipinski definition) is 5. The first-order chi connectivity index (χ1) is 18.1. The average molecular weight is 523 g/mol. The van der Waals surface area contributed by atoms with Crippen LogP contribution in [0, 0.1) is 11.3 Å². The van der Waals surface area contributed by atoms with E-state index in [9.17, 15) is 14.4 Å². The highest BCUT2D eigenvalue weighted by atomic mass is 16.5. The highest BCUT2D eigenvalue weighted by Crippen LogP contribution is 2.25. The van der Waals surface area contributed by atoms with Crippen LogP contribution in [0.1, 0.15) is 64.0 Å². The summed E-state index contributed by atoms with van der Waals surface area (Å²) >= 11 is 0. The summed E-state index contributed by atoms with van der Waals surface area (Å²) in [5.41, 5.74) is 2.12.